The lowest BCUT2D eigenvalue weighted by molar-refractivity contribution is -0.145. The van der Waals surface area contributed by atoms with Crippen molar-refractivity contribution in [2.24, 2.45) is 5.41 Å². The average Bonchev–Trinajstić information content (AvgIpc) is 2.58. The lowest BCUT2D eigenvalue weighted by Gasteiger charge is -2.41. The van der Waals surface area contributed by atoms with E-state index in [1.807, 2.05) is 11.8 Å². The summed E-state index contributed by atoms with van der Waals surface area (Å²) in [6.45, 7) is 8.31. The molecule has 0 aliphatic carbocycles. The van der Waals surface area contributed by atoms with Crippen molar-refractivity contribution < 1.29 is 14.4 Å². The molecule has 136 valence electrons. The highest BCUT2D eigenvalue weighted by Gasteiger charge is 2.40. The number of carbonyl (C=O) groups excluding carboxylic acids is 3. The first-order valence-corrected chi connectivity index (χ1v) is 9.00. The van der Waals surface area contributed by atoms with Gasteiger partial charge < -0.3 is 15.5 Å². The van der Waals surface area contributed by atoms with Gasteiger partial charge in [-0.1, -0.05) is 13.3 Å². The molecule has 0 saturated carbocycles. The van der Waals surface area contributed by atoms with Gasteiger partial charge in [-0.25, -0.2) is 0 Å². The van der Waals surface area contributed by atoms with E-state index in [2.05, 4.69) is 22.5 Å². The molecule has 2 rings (SSSR count). The van der Waals surface area contributed by atoms with Crippen LogP contribution in [0.1, 0.15) is 39.5 Å². The SMILES string of the molecule is CCCCNC(=O)CN1CCN(C(=O)C2(C)CCC(=O)NC2)CC1. The Kier molecular flexibility index (Phi) is 6.60. The van der Waals surface area contributed by atoms with Crippen LogP contribution in [0, 0.1) is 5.41 Å². The number of nitrogens with zero attached hydrogens (tertiary/aromatic N) is 2. The Morgan fingerprint density at radius 1 is 1.25 bits per heavy atom. The van der Waals surface area contributed by atoms with E-state index in [4.69, 9.17) is 0 Å². The summed E-state index contributed by atoms with van der Waals surface area (Å²) >= 11 is 0. The standard InChI is InChI=1S/C17H30N4O3/c1-3-4-7-18-15(23)12-20-8-10-21(11-9-20)16(24)17(2)6-5-14(22)19-13-17/h3-13H2,1-2H3,(H,18,23)(H,19,22). The third-order valence-corrected chi connectivity index (χ3v) is 4.98. The highest BCUT2D eigenvalue weighted by molar-refractivity contribution is 5.86. The molecule has 24 heavy (non-hydrogen) atoms. The molecule has 1 unspecified atom stereocenters. The molecular formula is C17H30N4O3. The number of carbonyl (C=O) groups is 3. The van der Waals surface area contributed by atoms with E-state index < -0.39 is 5.41 Å². The molecular weight excluding hydrogens is 308 g/mol. The lowest BCUT2D eigenvalue weighted by Crippen LogP contribution is -2.57. The molecule has 3 amide bonds. The van der Waals surface area contributed by atoms with E-state index in [0.29, 0.717) is 39.0 Å². The Hall–Kier alpha value is -1.63. The summed E-state index contributed by atoms with van der Waals surface area (Å²) in [5.74, 6) is 0.207. The highest BCUT2D eigenvalue weighted by atomic mass is 16.2. The first-order chi connectivity index (χ1) is 11.4. The summed E-state index contributed by atoms with van der Waals surface area (Å²) < 4.78 is 0. The van der Waals surface area contributed by atoms with Crippen LogP contribution in [0.3, 0.4) is 0 Å². The zero-order valence-electron chi connectivity index (χ0n) is 14.9. The van der Waals surface area contributed by atoms with Crippen LogP contribution in [0.15, 0.2) is 0 Å². The zero-order chi connectivity index (χ0) is 17.6. The largest absolute Gasteiger partial charge is 0.355 e. The van der Waals surface area contributed by atoms with Crippen molar-refractivity contribution in [1.82, 2.24) is 20.4 Å². The predicted octanol–water partition coefficient (Wildman–Crippen LogP) is -0.0368. The number of piperazine rings is 1. The summed E-state index contributed by atoms with van der Waals surface area (Å²) in [6, 6.07) is 0. The molecule has 2 heterocycles. The van der Waals surface area contributed by atoms with E-state index in [1.54, 1.807) is 0 Å². The van der Waals surface area contributed by atoms with Crippen LogP contribution in [-0.4, -0.2) is 73.3 Å². The summed E-state index contributed by atoms with van der Waals surface area (Å²) in [4.78, 5) is 39.9. The summed E-state index contributed by atoms with van der Waals surface area (Å²) in [5.41, 5.74) is -0.492. The van der Waals surface area contributed by atoms with Crippen molar-refractivity contribution >= 4 is 17.7 Å². The quantitative estimate of drug-likeness (QED) is 0.666. The Labute approximate surface area is 144 Å². The van der Waals surface area contributed by atoms with Gasteiger partial charge in [0, 0.05) is 45.7 Å². The number of unbranched alkanes of at least 4 members (excludes halogenated alkanes) is 1. The maximum Gasteiger partial charge on any atom is 0.234 e. The maximum atomic E-state index is 12.8. The second kappa shape index (κ2) is 8.46. The molecule has 7 heteroatoms. The molecule has 0 aromatic heterocycles. The lowest BCUT2D eigenvalue weighted by atomic mass is 9.81. The van der Waals surface area contributed by atoms with Crippen molar-refractivity contribution in [2.75, 3.05) is 45.8 Å². The van der Waals surface area contributed by atoms with Gasteiger partial charge in [-0.3, -0.25) is 19.3 Å². The van der Waals surface area contributed by atoms with Gasteiger partial charge in [0.1, 0.15) is 0 Å². The van der Waals surface area contributed by atoms with Crippen LogP contribution < -0.4 is 10.6 Å². The number of nitrogens with one attached hydrogen (secondary N) is 2. The first-order valence-electron chi connectivity index (χ1n) is 9.00. The van der Waals surface area contributed by atoms with Crippen LogP contribution in [0.4, 0.5) is 0 Å². The van der Waals surface area contributed by atoms with Crippen LogP contribution in [-0.2, 0) is 14.4 Å². The van der Waals surface area contributed by atoms with Gasteiger partial charge >= 0.3 is 0 Å². The van der Waals surface area contributed by atoms with E-state index in [9.17, 15) is 14.4 Å². The normalized spacial score (nSPS) is 25.2. The highest BCUT2D eigenvalue weighted by Crippen LogP contribution is 2.28. The smallest absolute Gasteiger partial charge is 0.234 e. The second-order valence-corrected chi connectivity index (χ2v) is 7.11. The monoisotopic (exact) mass is 338 g/mol. The molecule has 2 saturated heterocycles. The Bertz CT molecular complexity index is 462. The Morgan fingerprint density at radius 2 is 1.96 bits per heavy atom. The van der Waals surface area contributed by atoms with Crippen molar-refractivity contribution in [3.05, 3.63) is 0 Å². The third kappa shape index (κ3) is 4.93. The molecule has 7 nitrogen and oxygen atoms in total. The third-order valence-electron chi connectivity index (χ3n) is 4.98. The van der Waals surface area contributed by atoms with Crippen LogP contribution in [0.5, 0.6) is 0 Å². The Balaban J connectivity index is 1.75. The fourth-order valence-electron chi connectivity index (χ4n) is 3.20. The topological polar surface area (TPSA) is 81.8 Å². The minimum absolute atomic E-state index is 0.0270. The summed E-state index contributed by atoms with van der Waals surface area (Å²) in [7, 11) is 0. The minimum atomic E-state index is -0.492. The molecule has 2 aliphatic rings. The van der Waals surface area contributed by atoms with E-state index in [-0.39, 0.29) is 17.7 Å². The summed E-state index contributed by atoms with van der Waals surface area (Å²) in [6.07, 6.45) is 3.10. The number of hydrogen-bond acceptors (Lipinski definition) is 4. The van der Waals surface area contributed by atoms with Crippen molar-refractivity contribution in [3.63, 3.8) is 0 Å². The molecule has 0 radical (unpaired) electrons. The van der Waals surface area contributed by atoms with Gasteiger partial charge in [0.15, 0.2) is 0 Å². The summed E-state index contributed by atoms with van der Waals surface area (Å²) in [5, 5.41) is 5.73. The van der Waals surface area contributed by atoms with E-state index >= 15 is 0 Å². The average molecular weight is 338 g/mol. The number of piperidine rings is 1. The van der Waals surface area contributed by atoms with E-state index in [0.717, 1.165) is 32.5 Å². The Morgan fingerprint density at radius 3 is 2.54 bits per heavy atom. The maximum absolute atomic E-state index is 12.8. The molecule has 0 aromatic carbocycles. The molecule has 0 spiro atoms. The molecule has 0 bridgehead atoms. The van der Waals surface area contributed by atoms with Gasteiger partial charge in [0.25, 0.3) is 0 Å². The van der Waals surface area contributed by atoms with Crippen LogP contribution in [0.25, 0.3) is 0 Å². The molecule has 2 aliphatic heterocycles. The van der Waals surface area contributed by atoms with Gasteiger partial charge in [-0.2, -0.15) is 0 Å². The minimum Gasteiger partial charge on any atom is -0.355 e. The number of hydrogen-bond donors (Lipinski definition) is 2. The molecule has 0 aromatic rings. The van der Waals surface area contributed by atoms with Crippen molar-refractivity contribution in [2.45, 2.75) is 39.5 Å². The fraction of sp³-hybridized carbons (Fsp3) is 0.824. The van der Waals surface area contributed by atoms with Crippen LogP contribution in [0.2, 0.25) is 0 Å². The first kappa shape index (κ1) is 18.7. The second-order valence-electron chi connectivity index (χ2n) is 7.11. The fourth-order valence-corrected chi connectivity index (χ4v) is 3.20. The van der Waals surface area contributed by atoms with Gasteiger partial charge in [-0.05, 0) is 19.8 Å². The number of rotatable bonds is 6. The van der Waals surface area contributed by atoms with Crippen molar-refractivity contribution in [3.8, 4) is 0 Å². The zero-order valence-corrected chi connectivity index (χ0v) is 14.9. The molecule has 2 N–H and O–H groups in total. The van der Waals surface area contributed by atoms with Gasteiger partial charge in [0.05, 0.1) is 12.0 Å². The van der Waals surface area contributed by atoms with Gasteiger partial charge in [0.2, 0.25) is 17.7 Å². The molecule has 2 fully saturated rings. The molecule has 1 atom stereocenters. The van der Waals surface area contributed by atoms with Crippen LogP contribution >= 0.6 is 0 Å². The van der Waals surface area contributed by atoms with Crippen molar-refractivity contribution in [1.29, 1.82) is 0 Å². The van der Waals surface area contributed by atoms with E-state index in [1.165, 1.54) is 0 Å². The predicted molar refractivity (Wildman–Crippen MR) is 91.3 cm³/mol. The van der Waals surface area contributed by atoms with Gasteiger partial charge in [-0.15, -0.1) is 0 Å². The number of amides is 3.